The largest absolute Gasteiger partial charge is 0.397 e. The molecule has 3 nitrogen and oxygen atoms in total. The molecule has 0 aliphatic rings. The molecule has 0 saturated carbocycles. The molecule has 0 rings (SSSR count). The van der Waals surface area contributed by atoms with Crippen molar-refractivity contribution in [1.29, 1.82) is 0 Å². The van der Waals surface area contributed by atoms with E-state index in [4.69, 9.17) is 5.11 Å². The van der Waals surface area contributed by atoms with Gasteiger partial charge in [0.05, 0.1) is 0 Å². The maximum Gasteiger partial charge on any atom is 0.223 e. The topological polar surface area (TPSA) is 49.3 Å². The van der Waals surface area contributed by atoms with E-state index in [0.717, 1.165) is 11.5 Å². The Kier molecular flexibility index (Phi) is 23.2. The molecule has 0 heterocycles. The van der Waals surface area contributed by atoms with Crippen molar-refractivity contribution in [1.82, 2.24) is 5.32 Å². The van der Waals surface area contributed by atoms with Gasteiger partial charge in [0.2, 0.25) is 5.91 Å². The van der Waals surface area contributed by atoms with Gasteiger partial charge in [-0.15, -0.1) is 5.75 Å². The summed E-state index contributed by atoms with van der Waals surface area (Å²) in [4.78, 5) is 10.9. The zero-order valence-corrected chi connectivity index (χ0v) is 12.4. The van der Waals surface area contributed by atoms with E-state index in [1.165, 1.54) is 0 Å². The Morgan fingerprint density at radius 1 is 1.64 bits per heavy atom. The van der Waals surface area contributed by atoms with Crippen LogP contribution in [0.2, 0.25) is 0 Å². The molecule has 0 aromatic rings. The molecule has 0 fully saturated rings. The van der Waals surface area contributed by atoms with Gasteiger partial charge in [-0.3, -0.25) is 4.79 Å². The molecule has 0 aliphatic heterocycles. The van der Waals surface area contributed by atoms with Gasteiger partial charge in [-0.05, 0) is 6.92 Å². The van der Waals surface area contributed by atoms with Crippen molar-refractivity contribution < 1.29 is 36.1 Å². The minimum absolute atomic E-state index is 0. The van der Waals surface area contributed by atoms with Crippen LogP contribution in [0.15, 0.2) is 0 Å². The van der Waals surface area contributed by atoms with Crippen LogP contribution in [0.3, 0.4) is 0 Å². The number of thioether (sulfide) groups is 1. The second kappa shape index (κ2) is 16.1. The number of rotatable bonds is 4. The van der Waals surface area contributed by atoms with Gasteiger partial charge in [0.25, 0.3) is 0 Å². The summed E-state index contributed by atoms with van der Waals surface area (Å²) in [6.07, 6.45) is 0. The second-order valence-corrected chi connectivity index (χ2v) is 3.56. The summed E-state index contributed by atoms with van der Waals surface area (Å²) in [7, 11) is 1.66. The number of nitrogens with one attached hydrogen (secondary N) is 1. The molecule has 14 heavy (non-hydrogen) atoms. The Hall–Kier alpha value is 0.663. The van der Waals surface area contributed by atoms with Crippen molar-refractivity contribution in [2.75, 3.05) is 25.2 Å². The van der Waals surface area contributed by atoms with Gasteiger partial charge >= 0.3 is 0 Å². The second-order valence-electron chi connectivity index (χ2n) is 2.41. The van der Waals surface area contributed by atoms with Gasteiger partial charge < -0.3 is 17.3 Å². The average molecular weight is 298 g/mol. The van der Waals surface area contributed by atoms with Gasteiger partial charge in [-0.2, -0.15) is 11.8 Å². The third-order valence-corrected chi connectivity index (χ3v) is 2.23. The molecule has 0 spiro atoms. The Bertz CT molecular complexity index is 125. The van der Waals surface area contributed by atoms with Crippen LogP contribution in [0, 0.1) is 12.8 Å². The molecule has 0 saturated heterocycles. The SMILES string of the molecule is CCO.[CH2-]CSCC(C)C(=O)NC.[Zr]. The number of hydrogen-bond acceptors (Lipinski definition) is 3. The summed E-state index contributed by atoms with van der Waals surface area (Å²) in [6, 6.07) is 0. The number of aliphatic hydroxyl groups is 1. The van der Waals surface area contributed by atoms with Crippen LogP contribution in [-0.2, 0) is 31.0 Å². The van der Waals surface area contributed by atoms with Crippen LogP contribution in [0.4, 0.5) is 0 Å². The smallest absolute Gasteiger partial charge is 0.223 e. The summed E-state index contributed by atoms with van der Waals surface area (Å²) in [6.45, 7) is 7.52. The minimum atomic E-state index is 0. The molecule has 1 amide bonds. The molecule has 2 N–H and O–H groups in total. The summed E-state index contributed by atoms with van der Waals surface area (Å²) in [5.74, 6) is 1.92. The standard InChI is InChI=1S/C7H14NOS.C2H6O.Zr/c1-4-10-5-6(2)7(9)8-3;1-2-3;/h6H,1,4-5H2,2-3H3,(H,8,9);3H,2H2,1H3;/q-1;;. The first-order chi connectivity index (χ1) is 6.13. The number of aliphatic hydroxyl groups excluding tert-OH is 1. The Balaban J connectivity index is -0.000000267. The normalized spacial score (nSPS) is 10.4. The van der Waals surface area contributed by atoms with Crippen molar-refractivity contribution in [3.63, 3.8) is 0 Å². The number of hydrogen-bond donors (Lipinski definition) is 2. The van der Waals surface area contributed by atoms with Crippen LogP contribution in [0.25, 0.3) is 0 Å². The fourth-order valence-electron chi connectivity index (χ4n) is 0.582. The predicted octanol–water partition coefficient (Wildman–Crippen LogP) is 0.932. The van der Waals surface area contributed by atoms with E-state index >= 15 is 0 Å². The zero-order chi connectivity index (χ0) is 10.7. The first-order valence-corrected chi connectivity index (χ1v) is 5.48. The minimum Gasteiger partial charge on any atom is -0.397 e. The third-order valence-electron chi connectivity index (χ3n) is 1.21. The van der Waals surface area contributed by atoms with Crippen molar-refractivity contribution in [3.05, 3.63) is 6.92 Å². The van der Waals surface area contributed by atoms with Crippen LogP contribution in [0.1, 0.15) is 13.8 Å². The van der Waals surface area contributed by atoms with E-state index in [-0.39, 0.29) is 44.6 Å². The van der Waals surface area contributed by atoms with Crippen molar-refractivity contribution >= 4 is 17.7 Å². The molecular weight excluding hydrogens is 277 g/mol. The summed E-state index contributed by atoms with van der Waals surface area (Å²) < 4.78 is 0. The average Bonchev–Trinajstić information content (AvgIpc) is 2.14. The van der Waals surface area contributed by atoms with Crippen LogP contribution in [-0.4, -0.2) is 36.2 Å². The van der Waals surface area contributed by atoms with E-state index in [0.29, 0.717) is 0 Å². The molecule has 0 aliphatic carbocycles. The van der Waals surface area contributed by atoms with E-state index in [2.05, 4.69) is 12.2 Å². The van der Waals surface area contributed by atoms with Gasteiger partial charge in [0, 0.05) is 51.5 Å². The maximum atomic E-state index is 10.9. The Morgan fingerprint density at radius 2 is 2.07 bits per heavy atom. The number of amides is 1. The molecule has 84 valence electrons. The predicted molar refractivity (Wildman–Crippen MR) is 58.7 cm³/mol. The van der Waals surface area contributed by atoms with Crippen molar-refractivity contribution in [2.45, 2.75) is 13.8 Å². The molecular formula is C9H20NO2SZr-. The van der Waals surface area contributed by atoms with Crippen molar-refractivity contribution in [2.24, 2.45) is 5.92 Å². The summed E-state index contributed by atoms with van der Waals surface area (Å²) >= 11 is 1.69. The Labute approximate surface area is 111 Å². The quantitative estimate of drug-likeness (QED) is 0.759. The summed E-state index contributed by atoms with van der Waals surface area (Å²) in [5, 5.41) is 10.2. The van der Waals surface area contributed by atoms with Gasteiger partial charge in [0.15, 0.2) is 0 Å². The Morgan fingerprint density at radius 3 is 2.36 bits per heavy atom. The number of carbonyl (C=O) groups is 1. The van der Waals surface area contributed by atoms with E-state index in [1.54, 1.807) is 25.7 Å². The molecule has 5 heteroatoms. The van der Waals surface area contributed by atoms with Crippen molar-refractivity contribution in [3.8, 4) is 0 Å². The first kappa shape index (κ1) is 20.1. The molecule has 0 aromatic heterocycles. The fourth-order valence-corrected chi connectivity index (χ4v) is 1.25. The number of carbonyl (C=O) groups excluding carboxylic acids is 1. The monoisotopic (exact) mass is 296 g/mol. The zero-order valence-electron chi connectivity index (χ0n) is 9.17. The molecule has 0 radical (unpaired) electrons. The van der Waals surface area contributed by atoms with Gasteiger partial charge in [-0.25, -0.2) is 0 Å². The molecule has 0 aromatic carbocycles. The van der Waals surface area contributed by atoms with E-state index in [1.807, 2.05) is 6.92 Å². The van der Waals surface area contributed by atoms with Crippen LogP contribution >= 0.6 is 11.8 Å². The molecule has 1 unspecified atom stereocenters. The molecule has 1 atom stereocenters. The van der Waals surface area contributed by atoms with Crippen LogP contribution < -0.4 is 5.32 Å². The molecule has 0 bridgehead atoms. The van der Waals surface area contributed by atoms with Crippen LogP contribution in [0.5, 0.6) is 0 Å². The van der Waals surface area contributed by atoms with E-state index < -0.39 is 0 Å². The van der Waals surface area contributed by atoms with Gasteiger partial charge in [0.1, 0.15) is 0 Å². The third kappa shape index (κ3) is 15.1. The van der Waals surface area contributed by atoms with Gasteiger partial charge in [-0.1, -0.05) is 6.92 Å². The first-order valence-electron chi connectivity index (χ1n) is 4.33. The maximum absolute atomic E-state index is 10.9. The fraction of sp³-hybridized carbons (Fsp3) is 0.778. The van der Waals surface area contributed by atoms with E-state index in [9.17, 15) is 4.79 Å². The summed E-state index contributed by atoms with van der Waals surface area (Å²) in [5.41, 5.74) is 0.